The SMILES string of the molecule is CCC(CC(=O)O)NC(=O)CCc1ccccc1F. The number of nitrogens with one attached hydrogen (secondary N) is 1. The van der Waals surface area contributed by atoms with Crippen LogP contribution >= 0.6 is 0 Å². The topological polar surface area (TPSA) is 66.4 Å². The Morgan fingerprint density at radius 1 is 1.37 bits per heavy atom. The Balaban J connectivity index is 2.43. The van der Waals surface area contributed by atoms with E-state index >= 15 is 0 Å². The molecule has 0 radical (unpaired) electrons. The van der Waals surface area contributed by atoms with E-state index in [0.29, 0.717) is 18.4 Å². The molecule has 0 saturated heterocycles. The van der Waals surface area contributed by atoms with Gasteiger partial charge in [-0.2, -0.15) is 0 Å². The Bertz CT molecular complexity index is 448. The number of aliphatic carboxylic acids is 1. The number of aryl methyl sites for hydroxylation is 1. The van der Waals surface area contributed by atoms with Gasteiger partial charge in [-0.3, -0.25) is 9.59 Å². The molecule has 19 heavy (non-hydrogen) atoms. The molecule has 1 unspecified atom stereocenters. The van der Waals surface area contributed by atoms with Crippen LogP contribution in [0, 0.1) is 5.82 Å². The van der Waals surface area contributed by atoms with Crippen molar-refractivity contribution in [3.63, 3.8) is 0 Å². The van der Waals surface area contributed by atoms with Crippen molar-refractivity contribution in [2.75, 3.05) is 0 Å². The van der Waals surface area contributed by atoms with Crippen LogP contribution in [0.1, 0.15) is 31.7 Å². The molecule has 2 N–H and O–H groups in total. The number of carbonyl (C=O) groups is 2. The molecular weight excluding hydrogens is 249 g/mol. The van der Waals surface area contributed by atoms with Crippen LogP contribution in [0.4, 0.5) is 4.39 Å². The van der Waals surface area contributed by atoms with Gasteiger partial charge in [-0.25, -0.2) is 4.39 Å². The standard InChI is InChI=1S/C14H18FNO3/c1-2-11(9-14(18)19)16-13(17)8-7-10-5-3-4-6-12(10)15/h3-6,11H,2,7-9H2,1H3,(H,16,17)(H,18,19). The molecule has 0 aliphatic rings. The van der Waals surface area contributed by atoms with E-state index in [9.17, 15) is 14.0 Å². The number of benzene rings is 1. The van der Waals surface area contributed by atoms with Crippen LogP contribution in [-0.4, -0.2) is 23.0 Å². The third kappa shape index (κ3) is 5.50. The Labute approximate surface area is 111 Å². The molecule has 5 heteroatoms. The lowest BCUT2D eigenvalue weighted by molar-refractivity contribution is -0.137. The van der Waals surface area contributed by atoms with Crippen molar-refractivity contribution in [2.45, 2.75) is 38.6 Å². The fourth-order valence-corrected chi connectivity index (χ4v) is 1.76. The molecule has 0 spiro atoms. The van der Waals surface area contributed by atoms with Crippen LogP contribution < -0.4 is 5.32 Å². The van der Waals surface area contributed by atoms with Crippen LogP contribution in [0.2, 0.25) is 0 Å². The zero-order valence-corrected chi connectivity index (χ0v) is 10.9. The van der Waals surface area contributed by atoms with Gasteiger partial charge < -0.3 is 10.4 Å². The average Bonchev–Trinajstić information content (AvgIpc) is 2.36. The molecule has 0 saturated carbocycles. The molecule has 1 aromatic rings. The molecule has 0 aliphatic heterocycles. The van der Waals surface area contributed by atoms with Crippen molar-refractivity contribution in [3.05, 3.63) is 35.6 Å². The molecule has 104 valence electrons. The summed E-state index contributed by atoms with van der Waals surface area (Å²) in [5, 5.41) is 11.3. The summed E-state index contributed by atoms with van der Waals surface area (Å²) in [5.74, 6) is -1.52. The van der Waals surface area contributed by atoms with Gasteiger partial charge in [-0.1, -0.05) is 25.1 Å². The lowest BCUT2D eigenvalue weighted by Crippen LogP contribution is -2.36. The molecule has 0 fully saturated rings. The highest BCUT2D eigenvalue weighted by atomic mass is 19.1. The van der Waals surface area contributed by atoms with Gasteiger partial charge in [0.1, 0.15) is 5.82 Å². The van der Waals surface area contributed by atoms with Gasteiger partial charge in [-0.05, 0) is 24.5 Å². The number of halogens is 1. The lowest BCUT2D eigenvalue weighted by atomic mass is 10.1. The van der Waals surface area contributed by atoms with Gasteiger partial charge in [0.15, 0.2) is 0 Å². The Morgan fingerprint density at radius 3 is 2.63 bits per heavy atom. The van der Waals surface area contributed by atoms with Crippen molar-refractivity contribution in [2.24, 2.45) is 0 Å². The van der Waals surface area contributed by atoms with E-state index in [0.717, 1.165) is 0 Å². The van der Waals surface area contributed by atoms with Crippen LogP contribution in [0.5, 0.6) is 0 Å². The van der Waals surface area contributed by atoms with E-state index in [1.807, 2.05) is 6.92 Å². The van der Waals surface area contributed by atoms with Gasteiger partial charge in [0, 0.05) is 12.5 Å². The van der Waals surface area contributed by atoms with Gasteiger partial charge in [0.05, 0.1) is 6.42 Å². The zero-order valence-electron chi connectivity index (χ0n) is 10.9. The quantitative estimate of drug-likeness (QED) is 0.795. The number of carbonyl (C=O) groups excluding carboxylic acids is 1. The molecule has 0 bridgehead atoms. The Kier molecular flexibility index (Phi) is 5.99. The molecule has 4 nitrogen and oxygen atoms in total. The van der Waals surface area contributed by atoms with E-state index in [1.165, 1.54) is 6.07 Å². The zero-order chi connectivity index (χ0) is 14.3. The Hall–Kier alpha value is -1.91. The summed E-state index contributed by atoms with van der Waals surface area (Å²) in [7, 11) is 0. The number of hydrogen-bond acceptors (Lipinski definition) is 2. The molecule has 1 atom stereocenters. The van der Waals surface area contributed by atoms with Crippen molar-refractivity contribution in [3.8, 4) is 0 Å². The second kappa shape index (κ2) is 7.51. The van der Waals surface area contributed by atoms with Crippen molar-refractivity contribution < 1.29 is 19.1 Å². The lowest BCUT2D eigenvalue weighted by Gasteiger charge is -2.14. The van der Waals surface area contributed by atoms with E-state index in [1.54, 1.807) is 18.2 Å². The molecular formula is C14H18FNO3. The summed E-state index contributed by atoms with van der Waals surface area (Å²) < 4.78 is 13.3. The van der Waals surface area contributed by atoms with Crippen molar-refractivity contribution in [1.82, 2.24) is 5.32 Å². The van der Waals surface area contributed by atoms with Gasteiger partial charge >= 0.3 is 5.97 Å². The summed E-state index contributed by atoms with van der Waals surface area (Å²) in [6.45, 7) is 1.81. The smallest absolute Gasteiger partial charge is 0.305 e. The number of carboxylic acids is 1. The minimum atomic E-state index is -0.943. The maximum absolute atomic E-state index is 13.3. The largest absolute Gasteiger partial charge is 0.481 e. The minimum Gasteiger partial charge on any atom is -0.481 e. The molecule has 0 aliphatic carbocycles. The third-order valence-corrected chi connectivity index (χ3v) is 2.86. The van der Waals surface area contributed by atoms with Crippen molar-refractivity contribution in [1.29, 1.82) is 0 Å². The monoisotopic (exact) mass is 267 g/mol. The first-order valence-corrected chi connectivity index (χ1v) is 6.27. The predicted molar refractivity (Wildman–Crippen MR) is 69.2 cm³/mol. The molecule has 0 aromatic heterocycles. The Morgan fingerprint density at radius 2 is 2.05 bits per heavy atom. The van der Waals surface area contributed by atoms with E-state index in [-0.39, 0.29) is 30.6 Å². The normalized spacial score (nSPS) is 11.9. The first kappa shape index (κ1) is 15.1. The number of carboxylic acid groups (broad SMARTS) is 1. The number of rotatable bonds is 7. The minimum absolute atomic E-state index is 0.0953. The molecule has 1 amide bonds. The van der Waals surface area contributed by atoms with Crippen LogP contribution in [0.3, 0.4) is 0 Å². The van der Waals surface area contributed by atoms with Crippen LogP contribution in [-0.2, 0) is 16.0 Å². The van der Waals surface area contributed by atoms with E-state index in [2.05, 4.69) is 5.32 Å². The van der Waals surface area contributed by atoms with E-state index < -0.39 is 5.97 Å². The summed E-state index contributed by atoms with van der Waals surface area (Å²) in [6, 6.07) is 5.93. The second-order valence-corrected chi connectivity index (χ2v) is 4.36. The second-order valence-electron chi connectivity index (χ2n) is 4.36. The summed E-state index contributed by atoms with van der Waals surface area (Å²) in [6.07, 6.45) is 0.915. The maximum atomic E-state index is 13.3. The van der Waals surface area contributed by atoms with Crippen LogP contribution in [0.15, 0.2) is 24.3 Å². The molecule has 1 aromatic carbocycles. The summed E-state index contributed by atoms with van der Waals surface area (Å²) in [4.78, 5) is 22.2. The number of hydrogen-bond donors (Lipinski definition) is 2. The van der Waals surface area contributed by atoms with Crippen molar-refractivity contribution >= 4 is 11.9 Å². The van der Waals surface area contributed by atoms with E-state index in [4.69, 9.17) is 5.11 Å². The summed E-state index contributed by atoms with van der Waals surface area (Å²) >= 11 is 0. The van der Waals surface area contributed by atoms with Gasteiger partial charge in [-0.15, -0.1) is 0 Å². The van der Waals surface area contributed by atoms with Gasteiger partial charge in [0.2, 0.25) is 5.91 Å². The average molecular weight is 267 g/mol. The molecule has 1 rings (SSSR count). The highest BCUT2D eigenvalue weighted by Crippen LogP contribution is 2.09. The summed E-state index contributed by atoms with van der Waals surface area (Å²) in [5.41, 5.74) is 0.490. The van der Waals surface area contributed by atoms with Crippen LogP contribution in [0.25, 0.3) is 0 Å². The first-order chi connectivity index (χ1) is 9.02. The molecule has 0 heterocycles. The maximum Gasteiger partial charge on any atom is 0.305 e. The van der Waals surface area contributed by atoms with Gasteiger partial charge in [0.25, 0.3) is 0 Å². The fourth-order valence-electron chi connectivity index (χ4n) is 1.76. The fraction of sp³-hybridized carbons (Fsp3) is 0.429. The third-order valence-electron chi connectivity index (χ3n) is 2.86. The number of amides is 1. The predicted octanol–water partition coefficient (Wildman–Crippen LogP) is 2.13. The first-order valence-electron chi connectivity index (χ1n) is 6.27. The highest BCUT2D eigenvalue weighted by Gasteiger charge is 2.14. The highest BCUT2D eigenvalue weighted by molar-refractivity contribution is 5.77.